The predicted octanol–water partition coefficient (Wildman–Crippen LogP) is 12.6. The van der Waals surface area contributed by atoms with E-state index in [1.54, 1.807) is 17.9 Å². The Kier molecular flexibility index (Phi) is 26.7. The number of hydrogen-bond acceptors (Lipinski definition) is 29. The number of likely N-dealkylation sites (tertiary alicyclic amines) is 4. The van der Waals surface area contributed by atoms with Gasteiger partial charge in [0.15, 0.2) is 57.1 Å². The van der Waals surface area contributed by atoms with Gasteiger partial charge in [0.2, 0.25) is 30.4 Å². The summed E-state index contributed by atoms with van der Waals surface area (Å²) in [7, 11) is 0. The van der Waals surface area contributed by atoms with Gasteiger partial charge in [-0.2, -0.15) is 0 Å². The third-order valence-electron chi connectivity index (χ3n) is 27.6. The lowest BCUT2D eigenvalue weighted by molar-refractivity contribution is -0.122. The van der Waals surface area contributed by atoms with Gasteiger partial charge in [-0.05, 0) is 215 Å². The maximum absolute atomic E-state index is 12.4. The highest BCUT2D eigenvalue weighted by Gasteiger charge is 2.45. The second-order valence-electron chi connectivity index (χ2n) is 36.9. The predicted molar refractivity (Wildman–Crippen MR) is 494 cm³/mol. The number of anilines is 4. The Labute approximate surface area is 756 Å². The topological polar surface area (TPSA) is 387 Å². The van der Waals surface area contributed by atoms with Crippen molar-refractivity contribution in [2.75, 3.05) is 107 Å². The molecule has 4 saturated heterocycles. The van der Waals surface area contributed by atoms with E-state index >= 15 is 0 Å². The van der Waals surface area contributed by atoms with Crippen LogP contribution in [-0.2, 0) is 36.0 Å². The van der Waals surface area contributed by atoms with Crippen LogP contribution in [0, 0.1) is 34.6 Å². The lowest BCUT2D eigenvalue weighted by Gasteiger charge is -2.48. The largest absolute Gasteiger partial charge is 0.454 e. The van der Waals surface area contributed by atoms with Gasteiger partial charge in [-0.15, -0.1) is 22.7 Å². The van der Waals surface area contributed by atoms with Gasteiger partial charge in [0, 0.05) is 94.3 Å². The maximum atomic E-state index is 12.4. The van der Waals surface area contributed by atoms with E-state index in [9.17, 15) is 34.5 Å². The number of aromatic nitrogens is 6. The van der Waals surface area contributed by atoms with E-state index in [-0.39, 0.29) is 74.0 Å². The first kappa shape index (κ1) is 88.5. The number of hydrogen-bond donors (Lipinski definition) is 11. The summed E-state index contributed by atoms with van der Waals surface area (Å²) in [6.07, 6.45) is 18.7. The van der Waals surface area contributed by atoms with Crippen molar-refractivity contribution in [1.82, 2.24) is 71.5 Å². The average Bonchev–Trinajstić information content (AvgIpc) is 1.47. The molecule has 6 aromatic carbocycles. The standard InChI is InChI=1S/C26H30N4O4.C26H32N4O3.2C22H27N5O3S/c1-16-2-8-22-21(10-16)26(29-34-22)27-12-25(31)28-19-13-30(14-19)20-6-3-17(4-7-20)18-5-9-23-24(11-18)33-15-32-23;1-17-3-6-19(7-4-17)26(32)11-9-21(10-12-26)30-15-20(16-30)28-24(31)14-27-25-22-13-18(2)5-8-23(22)33-29-25;1-14-2-3-18-17(8-14)21(26-30-18)24-10-20(28)25-15-11-27(12-15)16-4-6-22(29,7-5-16)19-9-23-13-31-19;1-14-2-3-18-17(10-14)20(26-30-18)24-11-19(28)25-15-12-27(13-15)16-4-6-22(29,7-5-16)21-23-8-9-31-21/h2,5,8-11,17,19-20H,3-4,6-7,12-15H2,1H3,(H,27,29)(H,28,31);3-8,13,20-21,32H,9-12,14-16H2,1-2H3,(H,27,29)(H,28,31);2-3,8-9,13,15-16,29H,4-7,10-12H2,1H3,(H,24,26)(H,25,28);2-3,8-10,15-16,29H,4-7,11-13H2,1H3,(H,24,26)(H,25,28). The number of nitrogens with zero attached hydrogens (tertiary/aromatic N) is 10. The quantitative estimate of drug-likeness (QED) is 0.0268. The Morgan fingerprint density at radius 2 is 0.760 bits per heavy atom. The fourth-order valence-electron chi connectivity index (χ4n) is 19.9. The highest BCUT2D eigenvalue weighted by molar-refractivity contribution is 7.10. The van der Waals surface area contributed by atoms with Gasteiger partial charge in [-0.1, -0.05) is 103 Å². The molecule has 9 aliphatic rings. The molecule has 0 radical (unpaired) electrons. The molecule has 21 rings (SSSR count). The molecule has 129 heavy (non-hydrogen) atoms. The number of carbonyl (C=O) groups is 4. The zero-order chi connectivity index (χ0) is 88.9. The molecule has 0 unspecified atom stereocenters. The molecule has 12 aromatic rings. The van der Waals surface area contributed by atoms with Gasteiger partial charge in [-0.3, -0.25) is 43.8 Å². The Balaban J connectivity index is 0.000000116. The maximum Gasteiger partial charge on any atom is 0.239 e. The van der Waals surface area contributed by atoms with Crippen LogP contribution < -0.4 is 52.0 Å². The van der Waals surface area contributed by atoms with Crippen LogP contribution in [0.3, 0.4) is 0 Å². The number of ether oxygens (including phenoxy) is 2. The Morgan fingerprint density at radius 1 is 0.403 bits per heavy atom. The molecule has 8 fully saturated rings. The average molecular weight is 1790 g/mol. The van der Waals surface area contributed by atoms with E-state index in [1.165, 1.54) is 59.5 Å². The number of carbonyl (C=O) groups excluding carboxylic acids is 4. The number of aliphatic hydroxyl groups is 3. The first-order valence-corrected chi connectivity index (χ1v) is 47.2. The van der Waals surface area contributed by atoms with Gasteiger partial charge in [-0.25, -0.2) is 4.98 Å². The zero-order valence-corrected chi connectivity index (χ0v) is 75.3. The Bertz CT molecular complexity index is 5680. The monoisotopic (exact) mass is 1790 g/mol. The highest BCUT2D eigenvalue weighted by Crippen LogP contribution is 2.46. The van der Waals surface area contributed by atoms with Crippen LogP contribution in [0.5, 0.6) is 11.5 Å². The molecular weight excluding hydrogens is 1680 g/mol. The molecule has 4 amide bonds. The minimum atomic E-state index is -0.765. The number of nitrogens with one attached hydrogen (secondary N) is 8. The SMILES string of the molecule is Cc1ccc(C2(O)CCC(N3CC(NC(=O)CNc4noc5ccc(C)cc45)C3)CC2)cc1.Cc1ccc2onc(NCC(=O)NC3CN(C4CCC(O)(c5cncs5)CC4)C3)c2c1.Cc1ccc2onc(NCC(=O)NC3CN(C4CCC(O)(c5nccs5)CC4)C3)c2c1.Cc1ccc2onc(NCC(=O)NC3CN(C4CCC(c5ccc6c(c5)OCO6)CC4)C3)c2c1. The van der Waals surface area contributed by atoms with Crippen LogP contribution in [0.2, 0.25) is 0 Å². The molecule has 4 aliphatic carbocycles. The third kappa shape index (κ3) is 20.9. The van der Waals surface area contributed by atoms with Crippen LogP contribution in [0.15, 0.2) is 157 Å². The fraction of sp³-hybridized carbons (Fsp3) is 0.479. The van der Waals surface area contributed by atoms with Gasteiger partial charge in [0.05, 0.1) is 87.9 Å². The van der Waals surface area contributed by atoms with Crippen molar-refractivity contribution in [2.45, 2.75) is 208 Å². The molecule has 680 valence electrons. The van der Waals surface area contributed by atoms with Gasteiger partial charge >= 0.3 is 0 Å². The number of rotatable bonds is 24. The van der Waals surface area contributed by atoms with Gasteiger partial charge in [0.25, 0.3) is 0 Å². The van der Waals surface area contributed by atoms with Gasteiger partial charge < -0.3 is 85.4 Å². The summed E-state index contributed by atoms with van der Waals surface area (Å²) in [4.78, 5) is 68.7. The molecule has 0 atom stereocenters. The number of aryl methyl sites for hydroxylation is 5. The molecule has 11 N–H and O–H groups in total. The van der Waals surface area contributed by atoms with Crippen molar-refractivity contribution >= 4 is 113 Å². The zero-order valence-electron chi connectivity index (χ0n) is 73.7. The highest BCUT2D eigenvalue weighted by atomic mass is 32.1. The summed E-state index contributed by atoms with van der Waals surface area (Å²) in [5.41, 5.74) is 10.5. The van der Waals surface area contributed by atoms with Crippen molar-refractivity contribution in [3.05, 3.63) is 187 Å². The Morgan fingerprint density at radius 3 is 1.12 bits per heavy atom. The van der Waals surface area contributed by atoms with E-state index in [4.69, 9.17) is 27.6 Å². The smallest absolute Gasteiger partial charge is 0.239 e. The molecule has 31 nitrogen and oxygen atoms in total. The van der Waals surface area contributed by atoms with Crippen LogP contribution in [0.25, 0.3) is 43.9 Å². The first-order valence-electron chi connectivity index (χ1n) is 45.5. The van der Waals surface area contributed by atoms with Crippen molar-refractivity contribution in [3.63, 3.8) is 0 Å². The summed E-state index contributed by atoms with van der Waals surface area (Å²) >= 11 is 3.06. The second-order valence-corrected chi connectivity index (χ2v) is 38.7. The minimum absolute atomic E-state index is 0.0139. The number of thiazole rings is 2. The lowest BCUT2D eigenvalue weighted by atomic mass is 9.76. The van der Waals surface area contributed by atoms with E-state index in [0.29, 0.717) is 76.9 Å². The van der Waals surface area contributed by atoms with Gasteiger partial charge in [0.1, 0.15) is 16.2 Å². The van der Waals surface area contributed by atoms with E-state index in [2.05, 4.69) is 136 Å². The summed E-state index contributed by atoms with van der Waals surface area (Å²) in [5.74, 6) is 4.58. The van der Waals surface area contributed by atoms with E-state index in [0.717, 1.165) is 206 Å². The first-order chi connectivity index (χ1) is 62.5. The molecule has 11 heterocycles. The fourth-order valence-corrected chi connectivity index (χ4v) is 21.5. The number of fused-ring (bicyclic) bond motifs is 5. The van der Waals surface area contributed by atoms with Crippen LogP contribution in [-0.4, -0.2) is 223 Å². The molecule has 6 aromatic heterocycles. The minimum Gasteiger partial charge on any atom is -0.454 e. The second kappa shape index (κ2) is 38.9. The number of amides is 4. The van der Waals surface area contributed by atoms with Crippen LogP contribution >= 0.6 is 22.7 Å². The molecule has 5 aliphatic heterocycles. The molecule has 0 bridgehead atoms. The van der Waals surface area contributed by atoms with Crippen molar-refractivity contribution < 1.29 is 62.1 Å². The molecular formula is C96H116N18O13S2. The van der Waals surface area contributed by atoms with Crippen molar-refractivity contribution in [1.29, 1.82) is 0 Å². The summed E-state index contributed by atoms with van der Waals surface area (Å²) in [6.45, 7) is 18.2. The Hall–Kier alpha value is -11.1. The van der Waals surface area contributed by atoms with E-state index in [1.807, 2.05) is 112 Å². The van der Waals surface area contributed by atoms with Crippen molar-refractivity contribution in [2.24, 2.45) is 0 Å². The van der Waals surface area contributed by atoms with E-state index < -0.39 is 16.8 Å². The van der Waals surface area contributed by atoms with Crippen LogP contribution in [0.4, 0.5) is 23.3 Å². The summed E-state index contributed by atoms with van der Waals surface area (Å²) in [6, 6.07) is 40.9. The summed E-state index contributed by atoms with van der Waals surface area (Å²) in [5, 5.41) is 80.1. The summed E-state index contributed by atoms with van der Waals surface area (Å²) < 4.78 is 32.2. The van der Waals surface area contributed by atoms with Crippen LogP contribution in [0.1, 0.15) is 157 Å². The lowest BCUT2D eigenvalue weighted by Crippen LogP contribution is -2.63. The molecule has 4 saturated carbocycles. The normalized spacial score (nSPS) is 24.0. The molecule has 33 heteroatoms. The van der Waals surface area contributed by atoms with Crippen molar-refractivity contribution in [3.8, 4) is 11.5 Å². The number of benzene rings is 6. The molecule has 0 spiro atoms. The third-order valence-corrected chi connectivity index (χ3v) is 29.5.